The van der Waals surface area contributed by atoms with Crippen LogP contribution >= 0.6 is 0 Å². The summed E-state index contributed by atoms with van der Waals surface area (Å²) in [6, 6.07) is 11.9. The van der Waals surface area contributed by atoms with Crippen LogP contribution in [0.1, 0.15) is 30.9 Å². The third-order valence-electron chi connectivity index (χ3n) is 3.82. The van der Waals surface area contributed by atoms with Crippen LogP contribution in [0.25, 0.3) is 0 Å². The molecule has 0 aliphatic rings. The van der Waals surface area contributed by atoms with E-state index in [2.05, 4.69) is 10.0 Å². The van der Waals surface area contributed by atoms with E-state index in [1.807, 2.05) is 39.0 Å². The van der Waals surface area contributed by atoms with Gasteiger partial charge in [0.2, 0.25) is 10.0 Å². The molecule has 0 atom stereocenters. The normalized spacial score (nSPS) is 11.2. The van der Waals surface area contributed by atoms with Gasteiger partial charge >= 0.3 is 0 Å². The molecule has 0 unspecified atom stereocenters. The van der Waals surface area contributed by atoms with Crippen molar-refractivity contribution in [3.63, 3.8) is 0 Å². The standard InChI is InChI=1S/C20H26N2O4S/c1-4-5-9-21-27(24,25)19-8-6-7-17(13-19)22-20(23)14-26-18-11-15(2)10-16(3)12-18/h6-8,10-13,21H,4-5,9,14H2,1-3H3,(H,22,23). The van der Waals surface area contributed by atoms with Gasteiger partial charge in [0.25, 0.3) is 5.91 Å². The molecule has 0 spiro atoms. The number of ether oxygens (including phenoxy) is 1. The Balaban J connectivity index is 1.97. The van der Waals surface area contributed by atoms with Gasteiger partial charge in [0.05, 0.1) is 4.90 Å². The van der Waals surface area contributed by atoms with Gasteiger partial charge in [-0.2, -0.15) is 0 Å². The Labute approximate surface area is 161 Å². The smallest absolute Gasteiger partial charge is 0.262 e. The van der Waals surface area contributed by atoms with Crippen molar-refractivity contribution in [2.24, 2.45) is 0 Å². The highest BCUT2D eigenvalue weighted by atomic mass is 32.2. The summed E-state index contributed by atoms with van der Waals surface area (Å²) in [5, 5.41) is 2.66. The van der Waals surface area contributed by atoms with Crippen molar-refractivity contribution < 1.29 is 17.9 Å². The fourth-order valence-electron chi connectivity index (χ4n) is 2.57. The zero-order valence-electron chi connectivity index (χ0n) is 15.9. The number of benzene rings is 2. The quantitative estimate of drug-likeness (QED) is 0.643. The largest absolute Gasteiger partial charge is 0.484 e. The fourth-order valence-corrected chi connectivity index (χ4v) is 3.69. The lowest BCUT2D eigenvalue weighted by Crippen LogP contribution is -2.25. The minimum Gasteiger partial charge on any atom is -0.484 e. The average Bonchev–Trinajstić information content (AvgIpc) is 2.59. The van der Waals surface area contributed by atoms with Gasteiger partial charge in [-0.1, -0.05) is 25.5 Å². The number of carbonyl (C=O) groups excluding carboxylic acids is 1. The topological polar surface area (TPSA) is 84.5 Å². The Morgan fingerprint density at radius 1 is 1.07 bits per heavy atom. The SMILES string of the molecule is CCCCNS(=O)(=O)c1cccc(NC(=O)COc2cc(C)cc(C)c2)c1. The minimum atomic E-state index is -3.59. The molecule has 146 valence electrons. The van der Waals surface area contributed by atoms with Crippen LogP contribution in [0, 0.1) is 13.8 Å². The second-order valence-electron chi connectivity index (χ2n) is 6.44. The highest BCUT2D eigenvalue weighted by Gasteiger charge is 2.14. The van der Waals surface area contributed by atoms with E-state index in [1.165, 1.54) is 12.1 Å². The predicted octanol–water partition coefficient (Wildman–Crippen LogP) is 3.40. The maximum absolute atomic E-state index is 12.3. The molecule has 0 aromatic heterocycles. The molecule has 27 heavy (non-hydrogen) atoms. The van der Waals surface area contributed by atoms with Crippen LogP contribution in [0.5, 0.6) is 5.75 Å². The molecule has 0 saturated heterocycles. The van der Waals surface area contributed by atoms with Crippen LogP contribution in [0.15, 0.2) is 47.4 Å². The van der Waals surface area contributed by atoms with Crippen LogP contribution in [0.4, 0.5) is 5.69 Å². The minimum absolute atomic E-state index is 0.117. The van der Waals surface area contributed by atoms with Crippen molar-refractivity contribution in [2.45, 2.75) is 38.5 Å². The Hall–Kier alpha value is -2.38. The molecule has 6 nitrogen and oxygen atoms in total. The summed E-state index contributed by atoms with van der Waals surface area (Å²) in [5.74, 6) is 0.266. The Morgan fingerprint density at radius 2 is 1.78 bits per heavy atom. The molecule has 2 aromatic carbocycles. The number of carbonyl (C=O) groups is 1. The zero-order chi connectivity index (χ0) is 19.9. The number of nitrogens with one attached hydrogen (secondary N) is 2. The predicted molar refractivity (Wildman–Crippen MR) is 107 cm³/mol. The molecule has 0 saturated carbocycles. The van der Waals surface area contributed by atoms with Crippen LogP contribution < -0.4 is 14.8 Å². The van der Waals surface area contributed by atoms with E-state index in [9.17, 15) is 13.2 Å². The molecule has 0 aliphatic heterocycles. The Bertz CT molecular complexity index is 874. The molecule has 2 aromatic rings. The molecule has 0 fully saturated rings. The summed E-state index contributed by atoms with van der Waals surface area (Å²) in [5.41, 5.74) is 2.51. The summed E-state index contributed by atoms with van der Waals surface area (Å²) in [6.45, 7) is 6.14. The molecule has 0 heterocycles. The summed E-state index contributed by atoms with van der Waals surface area (Å²) in [6.07, 6.45) is 1.67. The number of aryl methyl sites for hydroxylation is 2. The van der Waals surface area contributed by atoms with E-state index in [0.29, 0.717) is 18.0 Å². The Morgan fingerprint density at radius 3 is 2.44 bits per heavy atom. The maximum Gasteiger partial charge on any atom is 0.262 e. The van der Waals surface area contributed by atoms with Crippen molar-refractivity contribution in [3.05, 3.63) is 53.6 Å². The number of unbranched alkanes of at least 4 members (excludes halogenated alkanes) is 1. The lowest BCUT2D eigenvalue weighted by molar-refractivity contribution is -0.118. The Kier molecular flexibility index (Phi) is 7.38. The van der Waals surface area contributed by atoms with Gasteiger partial charge in [-0.05, 0) is 61.7 Å². The van der Waals surface area contributed by atoms with Gasteiger partial charge < -0.3 is 10.1 Å². The molecule has 2 rings (SSSR count). The molecule has 7 heteroatoms. The first-order chi connectivity index (χ1) is 12.8. The summed E-state index contributed by atoms with van der Waals surface area (Å²) in [4.78, 5) is 12.2. The molecule has 2 N–H and O–H groups in total. The van der Waals surface area contributed by atoms with Crippen LogP contribution in [0.3, 0.4) is 0 Å². The first kappa shape index (κ1) is 20.9. The fraction of sp³-hybridized carbons (Fsp3) is 0.350. The number of sulfonamides is 1. The van der Waals surface area contributed by atoms with E-state index in [-0.39, 0.29) is 17.4 Å². The van der Waals surface area contributed by atoms with Crippen molar-refractivity contribution >= 4 is 21.6 Å². The van der Waals surface area contributed by atoms with Gasteiger partial charge in [-0.25, -0.2) is 13.1 Å². The molecule has 0 bridgehead atoms. The maximum atomic E-state index is 12.3. The van der Waals surface area contributed by atoms with E-state index in [1.54, 1.807) is 12.1 Å². The second kappa shape index (κ2) is 9.53. The van der Waals surface area contributed by atoms with Gasteiger partial charge in [-0.3, -0.25) is 4.79 Å². The van der Waals surface area contributed by atoms with E-state index in [4.69, 9.17) is 4.74 Å². The molecular weight excluding hydrogens is 364 g/mol. The lowest BCUT2D eigenvalue weighted by Gasteiger charge is -2.11. The van der Waals surface area contributed by atoms with Crippen LogP contribution in [0.2, 0.25) is 0 Å². The summed E-state index contributed by atoms with van der Waals surface area (Å²) >= 11 is 0. The van der Waals surface area contributed by atoms with Crippen LogP contribution in [-0.4, -0.2) is 27.5 Å². The molecule has 1 amide bonds. The van der Waals surface area contributed by atoms with Gasteiger partial charge in [0, 0.05) is 12.2 Å². The third-order valence-corrected chi connectivity index (χ3v) is 5.27. The first-order valence-electron chi connectivity index (χ1n) is 8.91. The second-order valence-corrected chi connectivity index (χ2v) is 8.21. The summed E-state index contributed by atoms with van der Waals surface area (Å²) < 4.78 is 32.6. The highest BCUT2D eigenvalue weighted by molar-refractivity contribution is 7.89. The van der Waals surface area contributed by atoms with Crippen molar-refractivity contribution in [2.75, 3.05) is 18.5 Å². The van der Waals surface area contributed by atoms with E-state index in [0.717, 1.165) is 24.0 Å². The van der Waals surface area contributed by atoms with Crippen LogP contribution in [-0.2, 0) is 14.8 Å². The monoisotopic (exact) mass is 390 g/mol. The van der Waals surface area contributed by atoms with Gasteiger partial charge in [0.1, 0.15) is 5.75 Å². The van der Waals surface area contributed by atoms with Gasteiger partial charge in [0.15, 0.2) is 6.61 Å². The number of hydrogen-bond acceptors (Lipinski definition) is 4. The number of anilines is 1. The van der Waals surface area contributed by atoms with E-state index < -0.39 is 10.0 Å². The number of hydrogen-bond donors (Lipinski definition) is 2. The molecule has 0 radical (unpaired) electrons. The summed E-state index contributed by atoms with van der Waals surface area (Å²) in [7, 11) is -3.59. The lowest BCUT2D eigenvalue weighted by atomic mass is 10.1. The molecular formula is C20H26N2O4S. The highest BCUT2D eigenvalue weighted by Crippen LogP contribution is 2.17. The van der Waals surface area contributed by atoms with E-state index >= 15 is 0 Å². The van der Waals surface area contributed by atoms with Crippen molar-refractivity contribution in [1.82, 2.24) is 4.72 Å². The number of rotatable bonds is 9. The van der Waals surface area contributed by atoms with Crippen molar-refractivity contribution in [3.8, 4) is 5.75 Å². The third kappa shape index (κ3) is 6.69. The molecule has 0 aliphatic carbocycles. The average molecular weight is 391 g/mol. The zero-order valence-corrected chi connectivity index (χ0v) is 16.7. The van der Waals surface area contributed by atoms with Crippen molar-refractivity contribution in [1.29, 1.82) is 0 Å². The van der Waals surface area contributed by atoms with Gasteiger partial charge in [-0.15, -0.1) is 0 Å². The first-order valence-corrected chi connectivity index (χ1v) is 10.4. The number of amides is 1.